The maximum absolute atomic E-state index is 13.5. The minimum Gasteiger partial charge on any atom is -0.430 e. The van der Waals surface area contributed by atoms with E-state index in [2.05, 4.69) is 0 Å². The van der Waals surface area contributed by atoms with Crippen LogP contribution in [0.5, 0.6) is 0 Å². The molecule has 0 N–H and O–H groups in total. The van der Waals surface area contributed by atoms with Crippen LogP contribution in [0.25, 0.3) is 11.1 Å². The van der Waals surface area contributed by atoms with E-state index in [0.717, 1.165) is 30.5 Å². The Morgan fingerprint density at radius 3 is 2.75 bits per heavy atom. The summed E-state index contributed by atoms with van der Waals surface area (Å²) in [5, 5.41) is 0. The van der Waals surface area contributed by atoms with Crippen molar-refractivity contribution in [1.82, 2.24) is 4.90 Å². The minimum absolute atomic E-state index is 0.179. The lowest BCUT2D eigenvalue weighted by molar-refractivity contribution is 0.0315. The van der Waals surface area contributed by atoms with Gasteiger partial charge in [0.15, 0.2) is 6.23 Å². The van der Waals surface area contributed by atoms with E-state index in [4.69, 9.17) is 4.74 Å². The molecule has 24 heavy (non-hydrogen) atoms. The van der Waals surface area contributed by atoms with E-state index < -0.39 is 6.09 Å². The molecule has 0 saturated carbocycles. The van der Waals surface area contributed by atoms with Gasteiger partial charge in [-0.2, -0.15) is 0 Å². The number of carbonyl (C=O) groups excluding carboxylic acids is 1. The van der Waals surface area contributed by atoms with Crippen molar-refractivity contribution in [2.75, 3.05) is 25.5 Å². The molecule has 2 aromatic carbocycles. The number of benzene rings is 2. The maximum atomic E-state index is 13.5. The maximum Gasteiger partial charge on any atom is 0.415 e. The van der Waals surface area contributed by atoms with Crippen LogP contribution < -0.4 is 4.90 Å². The molecule has 1 atom stereocenters. The standard InChI is InChI=1S/C19H21FN2O2/c1-21-12-6-11-18(21)24-19(23)22(2)17-10-4-3-9-16(17)14-7-5-8-15(20)13-14/h3-5,7-10,13,18H,6,11-12H2,1-2H3/t18-/m0/s1. The molecule has 0 bridgehead atoms. The third-order valence-electron chi connectivity index (χ3n) is 4.37. The van der Waals surface area contributed by atoms with E-state index in [9.17, 15) is 9.18 Å². The fourth-order valence-electron chi connectivity index (χ4n) is 2.99. The molecule has 4 nitrogen and oxygen atoms in total. The number of amides is 1. The molecule has 1 saturated heterocycles. The topological polar surface area (TPSA) is 32.8 Å². The molecule has 1 aliphatic rings. The monoisotopic (exact) mass is 328 g/mol. The first-order valence-electron chi connectivity index (χ1n) is 8.06. The van der Waals surface area contributed by atoms with E-state index >= 15 is 0 Å². The fraction of sp³-hybridized carbons (Fsp3) is 0.316. The number of nitrogens with zero attached hydrogens (tertiary/aromatic N) is 2. The molecule has 1 aliphatic heterocycles. The van der Waals surface area contributed by atoms with Gasteiger partial charge in [-0.1, -0.05) is 30.3 Å². The van der Waals surface area contributed by atoms with Crippen LogP contribution in [0.3, 0.4) is 0 Å². The number of rotatable bonds is 3. The van der Waals surface area contributed by atoms with Gasteiger partial charge in [-0.3, -0.25) is 9.80 Å². The van der Waals surface area contributed by atoms with E-state index in [1.54, 1.807) is 13.1 Å². The highest BCUT2D eigenvalue weighted by molar-refractivity contribution is 5.93. The van der Waals surface area contributed by atoms with E-state index in [0.29, 0.717) is 5.69 Å². The second-order valence-electron chi connectivity index (χ2n) is 6.05. The van der Waals surface area contributed by atoms with Crippen molar-refractivity contribution in [2.24, 2.45) is 0 Å². The van der Waals surface area contributed by atoms with Gasteiger partial charge >= 0.3 is 6.09 Å². The lowest BCUT2D eigenvalue weighted by Crippen LogP contribution is -2.36. The van der Waals surface area contributed by atoms with Crippen molar-refractivity contribution in [3.63, 3.8) is 0 Å². The van der Waals surface area contributed by atoms with Crippen LogP contribution in [-0.4, -0.2) is 37.9 Å². The zero-order valence-electron chi connectivity index (χ0n) is 13.9. The van der Waals surface area contributed by atoms with Crippen molar-refractivity contribution < 1.29 is 13.9 Å². The van der Waals surface area contributed by atoms with Crippen LogP contribution in [0, 0.1) is 5.82 Å². The Hall–Kier alpha value is -2.40. The number of halogens is 1. The van der Waals surface area contributed by atoms with Crippen molar-refractivity contribution in [3.05, 3.63) is 54.3 Å². The molecule has 0 aliphatic carbocycles. The van der Waals surface area contributed by atoms with Crippen molar-refractivity contribution in [2.45, 2.75) is 19.1 Å². The van der Waals surface area contributed by atoms with Gasteiger partial charge in [0.1, 0.15) is 5.82 Å². The van der Waals surface area contributed by atoms with Gasteiger partial charge in [-0.15, -0.1) is 0 Å². The number of anilines is 1. The van der Waals surface area contributed by atoms with E-state index in [-0.39, 0.29) is 12.0 Å². The Kier molecular flexibility index (Phi) is 4.81. The third-order valence-corrected chi connectivity index (χ3v) is 4.37. The molecule has 3 rings (SSSR count). The Morgan fingerprint density at radius 2 is 2.04 bits per heavy atom. The van der Waals surface area contributed by atoms with Gasteiger partial charge in [-0.05, 0) is 43.7 Å². The highest BCUT2D eigenvalue weighted by Gasteiger charge is 2.27. The van der Waals surface area contributed by atoms with E-state index in [1.165, 1.54) is 17.0 Å². The highest BCUT2D eigenvalue weighted by Crippen LogP contribution is 2.31. The molecule has 0 unspecified atom stereocenters. The van der Waals surface area contributed by atoms with Crippen molar-refractivity contribution in [1.29, 1.82) is 0 Å². The smallest absolute Gasteiger partial charge is 0.415 e. The second-order valence-corrected chi connectivity index (χ2v) is 6.05. The normalized spacial score (nSPS) is 17.7. The van der Waals surface area contributed by atoms with Crippen LogP contribution in [0.4, 0.5) is 14.9 Å². The summed E-state index contributed by atoms with van der Waals surface area (Å²) in [6.45, 7) is 0.932. The second kappa shape index (κ2) is 7.01. The average molecular weight is 328 g/mol. The number of ether oxygens (including phenoxy) is 1. The van der Waals surface area contributed by atoms with Crippen LogP contribution in [0.2, 0.25) is 0 Å². The van der Waals surface area contributed by atoms with Gasteiger partial charge < -0.3 is 4.74 Å². The molecular formula is C19H21FN2O2. The summed E-state index contributed by atoms with van der Waals surface area (Å²) in [6.07, 6.45) is 1.29. The molecule has 2 aromatic rings. The zero-order valence-corrected chi connectivity index (χ0v) is 13.9. The van der Waals surface area contributed by atoms with Crippen LogP contribution in [0.1, 0.15) is 12.8 Å². The first-order chi connectivity index (χ1) is 11.6. The molecule has 1 fully saturated rings. The quantitative estimate of drug-likeness (QED) is 0.850. The van der Waals surface area contributed by atoms with Gasteiger partial charge in [0, 0.05) is 19.2 Å². The molecule has 0 aromatic heterocycles. The number of likely N-dealkylation sites (tertiary alicyclic amines) is 1. The molecule has 5 heteroatoms. The molecule has 126 valence electrons. The van der Waals surface area contributed by atoms with Crippen LogP contribution >= 0.6 is 0 Å². The molecule has 1 amide bonds. The largest absolute Gasteiger partial charge is 0.430 e. The summed E-state index contributed by atoms with van der Waals surface area (Å²) in [7, 11) is 3.63. The highest BCUT2D eigenvalue weighted by atomic mass is 19.1. The summed E-state index contributed by atoms with van der Waals surface area (Å²) in [6, 6.07) is 13.8. The number of para-hydroxylation sites is 1. The first-order valence-corrected chi connectivity index (χ1v) is 8.06. The molecule has 0 radical (unpaired) electrons. The SMILES string of the molecule is CN(C(=O)O[C@H]1CCCN1C)c1ccccc1-c1cccc(F)c1. The summed E-state index contributed by atoms with van der Waals surface area (Å²) < 4.78 is 19.1. The lowest BCUT2D eigenvalue weighted by Gasteiger charge is -2.25. The number of carbonyl (C=O) groups is 1. The predicted molar refractivity (Wildman–Crippen MR) is 92.4 cm³/mol. The van der Waals surface area contributed by atoms with Gasteiger partial charge in [0.25, 0.3) is 0 Å². The summed E-state index contributed by atoms with van der Waals surface area (Å²) in [5.74, 6) is -0.305. The van der Waals surface area contributed by atoms with Gasteiger partial charge in [0.05, 0.1) is 5.69 Å². The van der Waals surface area contributed by atoms with Crippen molar-refractivity contribution >= 4 is 11.8 Å². The molecule has 0 spiro atoms. The van der Waals surface area contributed by atoms with Crippen LogP contribution in [0.15, 0.2) is 48.5 Å². The zero-order chi connectivity index (χ0) is 17.1. The summed E-state index contributed by atoms with van der Waals surface area (Å²) >= 11 is 0. The number of hydrogen-bond acceptors (Lipinski definition) is 3. The van der Waals surface area contributed by atoms with Gasteiger partial charge in [0.2, 0.25) is 0 Å². The number of hydrogen-bond donors (Lipinski definition) is 0. The summed E-state index contributed by atoms with van der Waals surface area (Å²) in [5.41, 5.74) is 2.20. The Bertz CT molecular complexity index is 735. The van der Waals surface area contributed by atoms with Crippen LogP contribution in [-0.2, 0) is 4.74 Å². The Morgan fingerprint density at radius 1 is 1.25 bits per heavy atom. The van der Waals surface area contributed by atoms with Gasteiger partial charge in [-0.25, -0.2) is 9.18 Å². The molecule has 1 heterocycles. The lowest BCUT2D eigenvalue weighted by atomic mass is 10.0. The minimum atomic E-state index is -0.405. The van der Waals surface area contributed by atoms with E-state index in [1.807, 2.05) is 42.3 Å². The Balaban J connectivity index is 1.85. The average Bonchev–Trinajstić information content (AvgIpc) is 2.99. The predicted octanol–water partition coefficient (Wildman–Crippen LogP) is 4.12. The van der Waals surface area contributed by atoms with Crippen molar-refractivity contribution in [3.8, 4) is 11.1 Å². The first kappa shape index (κ1) is 16.5. The third kappa shape index (κ3) is 3.41. The molecular weight excluding hydrogens is 307 g/mol. The Labute approximate surface area is 141 Å². The summed E-state index contributed by atoms with van der Waals surface area (Å²) in [4.78, 5) is 16.0. The fourth-order valence-corrected chi connectivity index (χ4v) is 2.99.